The Labute approximate surface area is 120 Å². The summed E-state index contributed by atoms with van der Waals surface area (Å²) in [5.74, 6) is 1.25. The van der Waals surface area contributed by atoms with Gasteiger partial charge in [-0.2, -0.15) is 0 Å². The Hall–Kier alpha value is -1.22. The minimum Gasteiger partial charge on any atom is -0.495 e. The molecule has 1 aromatic rings. The number of carbonyl (C=O) groups excluding carboxylic acids is 1. The highest BCUT2D eigenvalue weighted by Gasteiger charge is 2.20. The lowest BCUT2D eigenvalue weighted by Crippen LogP contribution is -2.42. The third-order valence-electron chi connectivity index (χ3n) is 3.15. The van der Waals surface area contributed by atoms with Crippen LogP contribution in [0.4, 0.5) is 0 Å². The lowest BCUT2D eigenvalue weighted by Gasteiger charge is -2.26. The summed E-state index contributed by atoms with van der Waals surface area (Å²) >= 11 is 6.03. The van der Waals surface area contributed by atoms with E-state index < -0.39 is 0 Å². The number of methoxy groups -OCH3 is 1. The molecule has 0 aliphatic rings. The van der Waals surface area contributed by atoms with Gasteiger partial charge in [0.15, 0.2) is 0 Å². The molecule has 0 saturated carbocycles. The fourth-order valence-electron chi connectivity index (χ4n) is 2.15. The molecule has 0 aromatic heterocycles. The maximum atomic E-state index is 12.2. The van der Waals surface area contributed by atoms with Crippen LogP contribution in [-0.2, 0) is 0 Å². The molecule has 0 aliphatic heterocycles. The number of hydrogen-bond donors (Lipinski definition) is 1. The van der Waals surface area contributed by atoms with Gasteiger partial charge in [-0.15, -0.1) is 0 Å². The first kappa shape index (κ1) is 15.8. The molecule has 1 amide bonds. The molecule has 0 radical (unpaired) electrons. The third-order valence-corrected chi connectivity index (χ3v) is 3.44. The second-order valence-corrected chi connectivity index (χ2v) is 5.74. The van der Waals surface area contributed by atoms with Crippen LogP contribution in [0.3, 0.4) is 0 Å². The predicted octanol–water partition coefficient (Wildman–Crippen LogP) is 3.76. The van der Waals surface area contributed by atoms with Crippen molar-refractivity contribution in [2.45, 2.75) is 33.7 Å². The molecule has 0 aliphatic carbocycles. The number of amides is 1. The van der Waals surface area contributed by atoms with Crippen LogP contribution in [0.15, 0.2) is 18.2 Å². The Balaban J connectivity index is 2.86. The van der Waals surface area contributed by atoms with E-state index in [2.05, 4.69) is 33.0 Å². The van der Waals surface area contributed by atoms with Crippen molar-refractivity contribution < 1.29 is 9.53 Å². The summed E-state index contributed by atoms with van der Waals surface area (Å²) in [4.78, 5) is 12.2. The maximum Gasteiger partial charge on any atom is 0.251 e. The van der Waals surface area contributed by atoms with E-state index in [1.165, 1.54) is 0 Å². The molecule has 0 saturated heterocycles. The molecule has 3 nitrogen and oxygen atoms in total. The Morgan fingerprint density at radius 1 is 1.21 bits per heavy atom. The molecule has 0 fully saturated rings. The molecule has 19 heavy (non-hydrogen) atoms. The fraction of sp³-hybridized carbons (Fsp3) is 0.533. The summed E-state index contributed by atoms with van der Waals surface area (Å²) in [7, 11) is 1.55. The second-order valence-electron chi connectivity index (χ2n) is 5.34. The molecule has 0 spiro atoms. The van der Waals surface area contributed by atoms with Crippen molar-refractivity contribution in [3.8, 4) is 5.75 Å². The van der Waals surface area contributed by atoms with E-state index in [9.17, 15) is 4.79 Å². The summed E-state index contributed by atoms with van der Waals surface area (Å²) in [6.07, 6.45) is 0. The van der Waals surface area contributed by atoms with Gasteiger partial charge in [-0.1, -0.05) is 39.3 Å². The van der Waals surface area contributed by atoms with Gasteiger partial charge in [-0.05, 0) is 30.0 Å². The summed E-state index contributed by atoms with van der Waals surface area (Å²) in [5, 5.41) is 3.50. The zero-order valence-corrected chi connectivity index (χ0v) is 12.9. The Kier molecular flexibility index (Phi) is 5.67. The van der Waals surface area contributed by atoms with Crippen LogP contribution in [0, 0.1) is 11.8 Å². The van der Waals surface area contributed by atoms with Crippen LogP contribution in [-0.4, -0.2) is 19.1 Å². The fourth-order valence-corrected chi connectivity index (χ4v) is 2.40. The van der Waals surface area contributed by atoms with E-state index in [0.29, 0.717) is 28.2 Å². The van der Waals surface area contributed by atoms with Crippen LogP contribution in [0.25, 0.3) is 0 Å². The summed E-state index contributed by atoms with van der Waals surface area (Å²) in [5.41, 5.74) is 0.553. The molecular formula is C15H22ClNO2. The minimum absolute atomic E-state index is 0.100. The molecule has 1 aromatic carbocycles. The van der Waals surface area contributed by atoms with Gasteiger partial charge < -0.3 is 10.1 Å². The topological polar surface area (TPSA) is 38.3 Å². The van der Waals surface area contributed by atoms with E-state index in [1.54, 1.807) is 25.3 Å². The van der Waals surface area contributed by atoms with Crippen LogP contribution in [0.1, 0.15) is 38.1 Å². The van der Waals surface area contributed by atoms with E-state index >= 15 is 0 Å². The van der Waals surface area contributed by atoms with Gasteiger partial charge in [0.05, 0.1) is 12.1 Å². The first-order chi connectivity index (χ1) is 8.86. The number of hydrogen-bond acceptors (Lipinski definition) is 2. The number of halogens is 1. The predicted molar refractivity (Wildman–Crippen MR) is 78.9 cm³/mol. The molecular weight excluding hydrogens is 262 g/mol. The Bertz CT molecular complexity index is 436. The SMILES string of the molecule is COc1ccc(C(=O)NC(C(C)C)C(C)C)cc1Cl. The van der Waals surface area contributed by atoms with Crippen molar-refractivity contribution in [1.82, 2.24) is 5.32 Å². The molecule has 106 valence electrons. The average molecular weight is 284 g/mol. The Morgan fingerprint density at radius 3 is 2.21 bits per heavy atom. The Morgan fingerprint density at radius 2 is 1.79 bits per heavy atom. The van der Waals surface area contributed by atoms with Gasteiger partial charge in [0.25, 0.3) is 5.91 Å². The quantitative estimate of drug-likeness (QED) is 0.893. The molecule has 4 heteroatoms. The highest BCUT2D eigenvalue weighted by atomic mass is 35.5. The highest BCUT2D eigenvalue weighted by Crippen LogP contribution is 2.25. The number of benzene rings is 1. The standard InChI is InChI=1S/C15H22ClNO2/c1-9(2)14(10(3)4)17-15(18)11-6-7-13(19-5)12(16)8-11/h6-10,14H,1-5H3,(H,17,18). The van der Waals surface area contributed by atoms with Crippen molar-refractivity contribution in [2.75, 3.05) is 7.11 Å². The number of carbonyl (C=O) groups is 1. The van der Waals surface area contributed by atoms with Gasteiger partial charge in [-0.3, -0.25) is 4.79 Å². The largest absolute Gasteiger partial charge is 0.495 e. The van der Waals surface area contributed by atoms with Crippen LogP contribution >= 0.6 is 11.6 Å². The van der Waals surface area contributed by atoms with Gasteiger partial charge >= 0.3 is 0 Å². The number of nitrogens with one attached hydrogen (secondary N) is 1. The van der Waals surface area contributed by atoms with E-state index in [1.807, 2.05) is 0 Å². The molecule has 1 rings (SSSR count). The van der Waals surface area contributed by atoms with E-state index in [4.69, 9.17) is 16.3 Å². The van der Waals surface area contributed by atoms with Crippen LogP contribution in [0.2, 0.25) is 5.02 Å². The lowest BCUT2D eigenvalue weighted by atomic mass is 9.93. The summed E-state index contributed by atoms with van der Waals surface area (Å²) < 4.78 is 5.07. The minimum atomic E-state index is -0.100. The smallest absolute Gasteiger partial charge is 0.251 e. The average Bonchev–Trinajstić information content (AvgIpc) is 2.34. The second kappa shape index (κ2) is 6.80. The van der Waals surface area contributed by atoms with Crippen molar-refractivity contribution in [3.05, 3.63) is 28.8 Å². The highest BCUT2D eigenvalue weighted by molar-refractivity contribution is 6.32. The van der Waals surface area contributed by atoms with Crippen molar-refractivity contribution >= 4 is 17.5 Å². The number of ether oxygens (including phenoxy) is 1. The van der Waals surface area contributed by atoms with Gasteiger partial charge in [-0.25, -0.2) is 0 Å². The van der Waals surface area contributed by atoms with Gasteiger partial charge in [0.1, 0.15) is 5.75 Å². The van der Waals surface area contributed by atoms with Gasteiger partial charge in [0.2, 0.25) is 0 Å². The normalized spacial score (nSPS) is 11.2. The lowest BCUT2D eigenvalue weighted by molar-refractivity contribution is 0.0910. The van der Waals surface area contributed by atoms with E-state index in [-0.39, 0.29) is 11.9 Å². The van der Waals surface area contributed by atoms with Crippen molar-refractivity contribution in [2.24, 2.45) is 11.8 Å². The molecule has 0 atom stereocenters. The molecule has 0 heterocycles. The third kappa shape index (κ3) is 4.13. The molecule has 0 unspecified atom stereocenters. The number of rotatable bonds is 5. The first-order valence-electron chi connectivity index (χ1n) is 6.51. The van der Waals surface area contributed by atoms with Crippen molar-refractivity contribution in [3.63, 3.8) is 0 Å². The maximum absolute atomic E-state index is 12.2. The van der Waals surface area contributed by atoms with Crippen molar-refractivity contribution in [1.29, 1.82) is 0 Å². The monoisotopic (exact) mass is 283 g/mol. The van der Waals surface area contributed by atoms with Crippen LogP contribution in [0.5, 0.6) is 5.75 Å². The summed E-state index contributed by atoms with van der Waals surface area (Å²) in [6, 6.07) is 5.20. The first-order valence-corrected chi connectivity index (χ1v) is 6.89. The zero-order chi connectivity index (χ0) is 14.6. The zero-order valence-electron chi connectivity index (χ0n) is 12.2. The molecule has 0 bridgehead atoms. The summed E-state index contributed by atoms with van der Waals surface area (Å²) in [6.45, 7) is 8.41. The molecule has 1 N–H and O–H groups in total. The van der Waals surface area contributed by atoms with Crippen LogP contribution < -0.4 is 10.1 Å². The van der Waals surface area contributed by atoms with Gasteiger partial charge in [0, 0.05) is 11.6 Å². The van der Waals surface area contributed by atoms with E-state index in [0.717, 1.165) is 0 Å².